The Morgan fingerprint density at radius 3 is 2.50 bits per heavy atom. The molecule has 0 spiro atoms. The van der Waals surface area contributed by atoms with Crippen LogP contribution in [0.4, 0.5) is 6.01 Å². The highest BCUT2D eigenvalue weighted by atomic mass is 35.5. The van der Waals surface area contributed by atoms with Crippen molar-refractivity contribution >= 4 is 18.4 Å². The fraction of sp³-hybridized carbons (Fsp3) is 0.429. The molecule has 1 aromatic heterocycles. The van der Waals surface area contributed by atoms with Gasteiger partial charge in [0.15, 0.2) is 0 Å². The molecule has 0 aliphatic carbocycles. The average molecular weight is 297 g/mol. The SMILES string of the molecule is CCCc1ccc(C(C)Nc2nnc(CN)o2)cc1.Cl. The molecule has 0 aliphatic rings. The zero-order chi connectivity index (χ0) is 13.7. The maximum absolute atomic E-state index is 5.43. The summed E-state index contributed by atoms with van der Waals surface area (Å²) in [4.78, 5) is 0. The van der Waals surface area contributed by atoms with Gasteiger partial charge in [0.1, 0.15) is 0 Å². The highest BCUT2D eigenvalue weighted by Gasteiger charge is 2.10. The lowest BCUT2D eigenvalue weighted by Crippen LogP contribution is -2.06. The first-order valence-electron chi connectivity index (χ1n) is 6.60. The van der Waals surface area contributed by atoms with Gasteiger partial charge in [-0.25, -0.2) is 0 Å². The van der Waals surface area contributed by atoms with E-state index in [1.54, 1.807) is 0 Å². The molecule has 0 bridgehead atoms. The summed E-state index contributed by atoms with van der Waals surface area (Å²) in [6, 6.07) is 9.10. The first-order valence-corrected chi connectivity index (χ1v) is 6.60. The number of benzene rings is 1. The second-order valence-corrected chi connectivity index (χ2v) is 4.56. The normalized spacial score (nSPS) is 11.8. The predicted molar refractivity (Wildman–Crippen MR) is 81.9 cm³/mol. The summed E-state index contributed by atoms with van der Waals surface area (Å²) in [6.45, 7) is 4.50. The fourth-order valence-corrected chi connectivity index (χ4v) is 1.92. The van der Waals surface area contributed by atoms with Crippen molar-refractivity contribution in [3.05, 3.63) is 41.3 Å². The molecule has 2 rings (SSSR count). The molecule has 5 nitrogen and oxygen atoms in total. The van der Waals surface area contributed by atoms with Gasteiger partial charge in [-0.05, 0) is 24.5 Å². The molecule has 0 radical (unpaired) electrons. The zero-order valence-electron chi connectivity index (χ0n) is 11.8. The van der Waals surface area contributed by atoms with E-state index in [-0.39, 0.29) is 25.0 Å². The van der Waals surface area contributed by atoms with E-state index < -0.39 is 0 Å². The van der Waals surface area contributed by atoms with Gasteiger partial charge in [-0.1, -0.05) is 42.7 Å². The lowest BCUT2D eigenvalue weighted by atomic mass is 10.0. The average Bonchev–Trinajstić information content (AvgIpc) is 2.87. The lowest BCUT2D eigenvalue weighted by molar-refractivity contribution is 0.503. The van der Waals surface area contributed by atoms with Crippen molar-refractivity contribution in [1.29, 1.82) is 0 Å². The van der Waals surface area contributed by atoms with Crippen LogP contribution in [0.5, 0.6) is 0 Å². The molecule has 6 heteroatoms. The number of aromatic nitrogens is 2. The molecule has 0 amide bonds. The van der Waals surface area contributed by atoms with Crippen LogP contribution in [0.15, 0.2) is 28.7 Å². The molecule has 110 valence electrons. The Bertz CT molecular complexity index is 512. The number of hydrogen-bond acceptors (Lipinski definition) is 5. The van der Waals surface area contributed by atoms with Gasteiger partial charge in [0.2, 0.25) is 5.89 Å². The van der Waals surface area contributed by atoms with Gasteiger partial charge in [-0.3, -0.25) is 0 Å². The molecule has 0 fully saturated rings. The number of hydrogen-bond donors (Lipinski definition) is 2. The van der Waals surface area contributed by atoms with Crippen LogP contribution in [0.2, 0.25) is 0 Å². The van der Waals surface area contributed by atoms with Crippen molar-refractivity contribution in [2.75, 3.05) is 5.32 Å². The molecule has 3 N–H and O–H groups in total. The summed E-state index contributed by atoms with van der Waals surface area (Å²) in [5, 5.41) is 10.9. The maximum Gasteiger partial charge on any atom is 0.315 e. The van der Waals surface area contributed by atoms with Crippen LogP contribution in [0.1, 0.15) is 43.3 Å². The Morgan fingerprint density at radius 2 is 1.95 bits per heavy atom. The van der Waals surface area contributed by atoms with Crippen LogP contribution in [0.25, 0.3) is 0 Å². The largest absolute Gasteiger partial charge is 0.407 e. The molecule has 2 aromatic rings. The minimum atomic E-state index is 0. The quantitative estimate of drug-likeness (QED) is 0.856. The Morgan fingerprint density at radius 1 is 1.25 bits per heavy atom. The summed E-state index contributed by atoms with van der Waals surface area (Å²) in [6.07, 6.45) is 2.28. The number of anilines is 1. The first kappa shape index (κ1) is 16.5. The summed E-state index contributed by atoms with van der Waals surface area (Å²) in [7, 11) is 0. The zero-order valence-corrected chi connectivity index (χ0v) is 12.6. The van der Waals surface area contributed by atoms with Gasteiger partial charge in [0.05, 0.1) is 12.6 Å². The van der Waals surface area contributed by atoms with Crippen molar-refractivity contribution < 1.29 is 4.42 Å². The molecule has 0 aliphatic heterocycles. The van der Waals surface area contributed by atoms with Gasteiger partial charge in [-0.15, -0.1) is 17.5 Å². The van der Waals surface area contributed by atoms with Crippen LogP contribution in [-0.4, -0.2) is 10.2 Å². The number of nitrogens with one attached hydrogen (secondary N) is 1. The molecule has 20 heavy (non-hydrogen) atoms. The standard InChI is InChI=1S/C14H20N4O.ClH/c1-3-4-11-5-7-12(8-6-11)10(2)16-14-18-17-13(9-15)19-14;/h5-8,10H,3-4,9,15H2,1-2H3,(H,16,18);1H. The van der Waals surface area contributed by atoms with Crippen LogP contribution in [-0.2, 0) is 13.0 Å². The Hall–Kier alpha value is -1.59. The summed E-state index contributed by atoms with van der Waals surface area (Å²) >= 11 is 0. The topological polar surface area (TPSA) is 77.0 Å². The van der Waals surface area contributed by atoms with E-state index in [4.69, 9.17) is 10.2 Å². The molecular weight excluding hydrogens is 276 g/mol. The Labute approximate surface area is 125 Å². The molecular formula is C14H21ClN4O. The van der Waals surface area contributed by atoms with E-state index in [1.165, 1.54) is 11.1 Å². The summed E-state index contributed by atoms with van der Waals surface area (Å²) in [5.74, 6) is 0.438. The van der Waals surface area contributed by atoms with Crippen molar-refractivity contribution in [3.8, 4) is 0 Å². The number of nitrogens with zero attached hydrogens (tertiary/aromatic N) is 2. The van der Waals surface area contributed by atoms with E-state index in [0.29, 0.717) is 11.9 Å². The highest BCUT2D eigenvalue weighted by molar-refractivity contribution is 5.85. The van der Waals surface area contributed by atoms with Crippen LogP contribution >= 0.6 is 12.4 Å². The van der Waals surface area contributed by atoms with Crippen LogP contribution < -0.4 is 11.1 Å². The fourth-order valence-electron chi connectivity index (χ4n) is 1.92. The first-order chi connectivity index (χ1) is 9.22. The summed E-state index contributed by atoms with van der Waals surface area (Å²) in [5.41, 5.74) is 7.98. The van der Waals surface area contributed by atoms with Crippen molar-refractivity contribution in [2.24, 2.45) is 5.73 Å². The van der Waals surface area contributed by atoms with Crippen LogP contribution in [0.3, 0.4) is 0 Å². The van der Waals surface area contributed by atoms with E-state index in [0.717, 1.165) is 12.8 Å². The maximum atomic E-state index is 5.43. The van der Waals surface area contributed by atoms with Gasteiger partial charge in [0, 0.05) is 0 Å². The number of aryl methyl sites for hydroxylation is 1. The molecule has 1 unspecified atom stereocenters. The van der Waals surface area contributed by atoms with Crippen molar-refractivity contribution in [1.82, 2.24) is 10.2 Å². The van der Waals surface area contributed by atoms with Crippen LogP contribution in [0, 0.1) is 0 Å². The predicted octanol–water partition coefficient (Wildman–Crippen LogP) is 3.08. The van der Waals surface area contributed by atoms with E-state index >= 15 is 0 Å². The van der Waals surface area contributed by atoms with Gasteiger partial charge in [0.25, 0.3) is 0 Å². The number of halogens is 1. The summed E-state index contributed by atoms with van der Waals surface area (Å²) < 4.78 is 5.33. The van der Waals surface area contributed by atoms with Gasteiger partial charge >= 0.3 is 6.01 Å². The number of rotatable bonds is 6. The van der Waals surface area contributed by atoms with Gasteiger partial charge < -0.3 is 15.5 Å². The van der Waals surface area contributed by atoms with Crippen molar-refractivity contribution in [2.45, 2.75) is 39.3 Å². The minimum absolute atomic E-state index is 0. The Balaban J connectivity index is 0.00000200. The third-order valence-corrected chi connectivity index (χ3v) is 3.00. The smallest absolute Gasteiger partial charge is 0.315 e. The third-order valence-electron chi connectivity index (χ3n) is 3.00. The molecule has 1 atom stereocenters. The van der Waals surface area contributed by atoms with E-state index in [2.05, 4.69) is 53.6 Å². The lowest BCUT2D eigenvalue weighted by Gasteiger charge is -2.12. The third kappa shape index (κ3) is 4.21. The Kier molecular flexibility index (Phi) is 6.48. The second-order valence-electron chi connectivity index (χ2n) is 4.56. The molecule has 0 saturated carbocycles. The molecule has 1 aromatic carbocycles. The van der Waals surface area contributed by atoms with E-state index in [9.17, 15) is 0 Å². The van der Waals surface area contributed by atoms with E-state index in [1.807, 2.05) is 0 Å². The molecule has 1 heterocycles. The van der Waals surface area contributed by atoms with Gasteiger partial charge in [-0.2, -0.15) is 0 Å². The minimum Gasteiger partial charge on any atom is -0.407 e. The number of nitrogens with two attached hydrogens (primary N) is 1. The monoisotopic (exact) mass is 296 g/mol. The highest BCUT2D eigenvalue weighted by Crippen LogP contribution is 2.19. The van der Waals surface area contributed by atoms with Crippen molar-refractivity contribution in [3.63, 3.8) is 0 Å². The molecule has 0 saturated heterocycles. The second kappa shape index (κ2) is 7.87.